The second kappa shape index (κ2) is 12.2. The van der Waals surface area contributed by atoms with Gasteiger partial charge in [0, 0.05) is 35.6 Å². The average molecular weight is 524 g/mol. The van der Waals surface area contributed by atoms with Crippen LogP contribution in [-0.4, -0.2) is 41.9 Å². The van der Waals surface area contributed by atoms with Crippen molar-refractivity contribution in [3.63, 3.8) is 0 Å². The van der Waals surface area contributed by atoms with E-state index in [-0.39, 0.29) is 11.2 Å². The molecule has 1 aliphatic heterocycles. The van der Waals surface area contributed by atoms with E-state index in [0.29, 0.717) is 24.3 Å². The van der Waals surface area contributed by atoms with E-state index in [4.69, 9.17) is 9.15 Å². The molecule has 0 N–H and O–H groups in total. The van der Waals surface area contributed by atoms with Gasteiger partial charge < -0.3 is 9.15 Å². The Kier molecular flexibility index (Phi) is 9.08. The maximum atomic E-state index is 13.0. The maximum absolute atomic E-state index is 13.0. The molecule has 35 heavy (non-hydrogen) atoms. The Morgan fingerprint density at radius 3 is 2.66 bits per heavy atom. The Morgan fingerprint density at radius 2 is 1.89 bits per heavy atom. The van der Waals surface area contributed by atoms with Gasteiger partial charge >= 0.3 is 6.18 Å². The Bertz CT molecular complexity index is 1180. The highest BCUT2D eigenvalue weighted by atomic mass is 32.2. The molecule has 1 aliphatic rings. The Morgan fingerprint density at radius 1 is 1.06 bits per heavy atom. The van der Waals surface area contributed by atoms with Crippen LogP contribution in [0.2, 0.25) is 0 Å². The number of rotatable bonds is 10. The van der Waals surface area contributed by atoms with Crippen LogP contribution in [0.15, 0.2) is 62.8 Å². The van der Waals surface area contributed by atoms with Crippen molar-refractivity contribution < 1.29 is 22.3 Å². The standard InChI is InChI=1S/C26H28F3NO3S2/c27-26(28,29)20-7-8-22-19(15-20)5-4-6-25(22)35-12-3-1-2-11-32-24-18-33-21(16-23(24)31)17-30-9-13-34-14-10-30/h4-8,15-16,18H,1-3,9-14,17H2. The van der Waals surface area contributed by atoms with Crippen molar-refractivity contribution in [3.05, 3.63) is 70.3 Å². The third-order valence-electron chi connectivity index (χ3n) is 5.81. The molecule has 0 saturated carbocycles. The van der Waals surface area contributed by atoms with E-state index < -0.39 is 11.7 Å². The lowest BCUT2D eigenvalue weighted by atomic mass is 10.1. The van der Waals surface area contributed by atoms with Crippen molar-refractivity contribution in [1.29, 1.82) is 0 Å². The van der Waals surface area contributed by atoms with Gasteiger partial charge in [-0.3, -0.25) is 9.69 Å². The first-order valence-corrected chi connectivity index (χ1v) is 13.8. The fourth-order valence-electron chi connectivity index (χ4n) is 3.91. The lowest BCUT2D eigenvalue weighted by Crippen LogP contribution is -2.32. The molecule has 0 atom stereocenters. The minimum absolute atomic E-state index is 0.155. The summed E-state index contributed by atoms with van der Waals surface area (Å²) in [5.41, 5.74) is -0.783. The van der Waals surface area contributed by atoms with Crippen molar-refractivity contribution in [2.45, 2.75) is 36.9 Å². The van der Waals surface area contributed by atoms with Gasteiger partial charge in [-0.1, -0.05) is 18.2 Å². The van der Waals surface area contributed by atoms with Gasteiger partial charge in [0.25, 0.3) is 0 Å². The minimum atomic E-state index is -4.34. The molecule has 4 rings (SSSR count). The summed E-state index contributed by atoms with van der Waals surface area (Å²) >= 11 is 3.59. The number of nitrogens with zero attached hydrogens (tertiary/aromatic N) is 1. The van der Waals surface area contributed by atoms with Crippen molar-refractivity contribution in [2.24, 2.45) is 0 Å². The molecule has 1 saturated heterocycles. The molecule has 3 aromatic rings. The Hall–Kier alpha value is -2.10. The predicted octanol–water partition coefficient (Wildman–Crippen LogP) is 6.70. The van der Waals surface area contributed by atoms with Gasteiger partial charge in [-0.25, -0.2) is 0 Å². The molecule has 2 heterocycles. The van der Waals surface area contributed by atoms with Crippen LogP contribution >= 0.6 is 23.5 Å². The first-order valence-electron chi connectivity index (χ1n) is 11.7. The molecule has 4 nitrogen and oxygen atoms in total. The Labute approximate surface area is 211 Å². The quantitative estimate of drug-likeness (QED) is 0.218. The summed E-state index contributed by atoms with van der Waals surface area (Å²) in [7, 11) is 0. The normalized spacial score (nSPS) is 14.9. The number of hydrogen-bond donors (Lipinski definition) is 0. The van der Waals surface area contributed by atoms with Crippen LogP contribution in [0.25, 0.3) is 10.8 Å². The van der Waals surface area contributed by atoms with Gasteiger partial charge in [-0.05, 0) is 54.0 Å². The molecule has 0 radical (unpaired) electrons. The van der Waals surface area contributed by atoms with E-state index in [0.717, 1.165) is 66.0 Å². The molecule has 9 heteroatoms. The molecule has 2 aromatic carbocycles. The van der Waals surface area contributed by atoms with E-state index in [1.807, 2.05) is 17.8 Å². The number of ether oxygens (including phenoxy) is 1. The number of thioether (sulfide) groups is 2. The monoisotopic (exact) mass is 523 g/mol. The molecule has 0 amide bonds. The molecule has 0 bridgehead atoms. The maximum Gasteiger partial charge on any atom is 0.416 e. The second-order valence-electron chi connectivity index (χ2n) is 8.41. The molecule has 1 fully saturated rings. The van der Waals surface area contributed by atoms with E-state index in [1.165, 1.54) is 18.4 Å². The zero-order valence-electron chi connectivity index (χ0n) is 19.3. The number of halogens is 3. The highest BCUT2D eigenvalue weighted by Crippen LogP contribution is 2.34. The molecule has 1 aromatic heterocycles. The summed E-state index contributed by atoms with van der Waals surface area (Å²) in [5, 5.41) is 1.43. The van der Waals surface area contributed by atoms with E-state index in [9.17, 15) is 18.0 Å². The zero-order chi connectivity index (χ0) is 24.7. The van der Waals surface area contributed by atoms with Crippen molar-refractivity contribution in [3.8, 4) is 5.75 Å². The third-order valence-corrected chi connectivity index (χ3v) is 7.91. The largest absolute Gasteiger partial charge is 0.487 e. The van der Waals surface area contributed by atoms with Crippen LogP contribution in [0.1, 0.15) is 30.6 Å². The van der Waals surface area contributed by atoms with Gasteiger partial charge in [-0.2, -0.15) is 24.9 Å². The van der Waals surface area contributed by atoms with E-state index in [2.05, 4.69) is 4.90 Å². The SMILES string of the molecule is O=c1cc(CN2CCSCC2)occ1OCCCCCSc1cccc2cc(C(F)(F)F)ccc12. The number of hydrogen-bond acceptors (Lipinski definition) is 6. The third kappa shape index (κ3) is 7.44. The second-order valence-corrected chi connectivity index (χ2v) is 10.8. The highest BCUT2D eigenvalue weighted by molar-refractivity contribution is 7.99. The number of alkyl halides is 3. The summed E-state index contributed by atoms with van der Waals surface area (Å²) in [4.78, 5) is 15.6. The van der Waals surface area contributed by atoms with Gasteiger partial charge in [0.15, 0.2) is 0 Å². The highest BCUT2D eigenvalue weighted by Gasteiger charge is 2.30. The fourth-order valence-corrected chi connectivity index (χ4v) is 5.97. The average Bonchev–Trinajstić information content (AvgIpc) is 2.84. The van der Waals surface area contributed by atoms with E-state index >= 15 is 0 Å². The lowest BCUT2D eigenvalue weighted by Gasteiger charge is -2.25. The molecular formula is C26H28F3NO3S2. The molecule has 0 spiro atoms. The lowest BCUT2D eigenvalue weighted by molar-refractivity contribution is -0.137. The molecule has 0 aliphatic carbocycles. The van der Waals surface area contributed by atoms with Gasteiger partial charge in [0.1, 0.15) is 12.0 Å². The van der Waals surface area contributed by atoms with Crippen LogP contribution in [0.4, 0.5) is 13.2 Å². The predicted molar refractivity (Wildman–Crippen MR) is 137 cm³/mol. The molecule has 0 unspecified atom stereocenters. The van der Waals surface area contributed by atoms with Crippen LogP contribution in [0.3, 0.4) is 0 Å². The number of benzene rings is 2. The summed E-state index contributed by atoms with van der Waals surface area (Å²) in [6.45, 7) is 3.09. The van der Waals surface area contributed by atoms with Crippen LogP contribution in [0.5, 0.6) is 5.75 Å². The summed E-state index contributed by atoms with van der Waals surface area (Å²) in [5.74, 6) is 3.97. The topological polar surface area (TPSA) is 42.7 Å². The summed E-state index contributed by atoms with van der Waals surface area (Å²) in [6.07, 6.45) is -0.261. The van der Waals surface area contributed by atoms with Crippen LogP contribution in [0, 0.1) is 0 Å². The summed E-state index contributed by atoms with van der Waals surface area (Å²) in [6, 6.07) is 10.9. The van der Waals surface area contributed by atoms with Gasteiger partial charge in [0.2, 0.25) is 11.2 Å². The van der Waals surface area contributed by atoms with Gasteiger partial charge in [-0.15, -0.1) is 11.8 Å². The smallest absolute Gasteiger partial charge is 0.416 e. The minimum Gasteiger partial charge on any atom is -0.487 e. The number of fused-ring (bicyclic) bond motifs is 1. The van der Waals surface area contributed by atoms with Crippen molar-refractivity contribution in [2.75, 3.05) is 37.0 Å². The van der Waals surface area contributed by atoms with Gasteiger partial charge in [0.05, 0.1) is 18.7 Å². The first kappa shape index (κ1) is 26.0. The molecular weight excluding hydrogens is 495 g/mol. The zero-order valence-corrected chi connectivity index (χ0v) is 20.9. The number of unbranched alkanes of at least 4 members (excludes halogenated alkanes) is 2. The van der Waals surface area contributed by atoms with E-state index in [1.54, 1.807) is 30.0 Å². The summed E-state index contributed by atoms with van der Waals surface area (Å²) < 4.78 is 50.1. The van der Waals surface area contributed by atoms with Crippen LogP contribution in [-0.2, 0) is 12.7 Å². The molecule has 188 valence electrons. The first-order chi connectivity index (χ1) is 16.9. The van der Waals surface area contributed by atoms with Crippen LogP contribution < -0.4 is 10.2 Å². The Balaban J connectivity index is 1.18. The van der Waals surface area contributed by atoms with Crippen molar-refractivity contribution >= 4 is 34.3 Å². The van der Waals surface area contributed by atoms with Crippen molar-refractivity contribution in [1.82, 2.24) is 4.90 Å². The fraction of sp³-hybridized carbons (Fsp3) is 0.423.